The molecule has 0 unspecified atom stereocenters. The monoisotopic (exact) mass is 468 g/mol. The highest BCUT2D eigenvalue weighted by Gasteiger charge is 2.13. The quantitative estimate of drug-likeness (QED) is 0.304. The lowest BCUT2D eigenvalue weighted by Gasteiger charge is -2.09. The highest BCUT2D eigenvalue weighted by Crippen LogP contribution is 2.33. The second kappa shape index (κ2) is 8.20. The fraction of sp³-hybridized carbons (Fsp3) is 0.105. The Morgan fingerprint density at radius 1 is 1.07 bits per heavy atom. The number of nitrogens with zero attached hydrogens (tertiary/aromatic N) is 2. The lowest BCUT2D eigenvalue weighted by molar-refractivity contribution is -0.147. The highest BCUT2D eigenvalue weighted by molar-refractivity contribution is 7.23. The highest BCUT2D eigenvalue weighted by atomic mass is 35.5. The smallest absolute Gasteiger partial charge is 0.344 e. The molecule has 0 atom stereocenters. The minimum absolute atomic E-state index is 0.155. The van der Waals surface area contributed by atoms with E-state index in [9.17, 15) is 9.59 Å². The molecule has 0 saturated heterocycles. The van der Waals surface area contributed by atoms with E-state index in [4.69, 9.17) is 44.3 Å². The molecule has 148 valence electrons. The van der Waals surface area contributed by atoms with Gasteiger partial charge < -0.3 is 9.47 Å². The first-order valence-corrected chi connectivity index (χ1v) is 10.2. The number of benzene rings is 2. The molecule has 4 rings (SSSR count). The first-order valence-electron chi connectivity index (χ1n) is 8.25. The van der Waals surface area contributed by atoms with Crippen LogP contribution < -0.4 is 10.3 Å². The fourth-order valence-corrected chi connectivity index (χ4v) is 4.29. The van der Waals surface area contributed by atoms with Gasteiger partial charge in [0.2, 0.25) is 0 Å². The van der Waals surface area contributed by atoms with Crippen LogP contribution in [-0.4, -0.2) is 22.0 Å². The Hall–Kier alpha value is -2.32. The Bertz CT molecular complexity index is 1300. The predicted octanol–water partition coefficient (Wildman–Crippen LogP) is 4.99. The van der Waals surface area contributed by atoms with Crippen LogP contribution in [0.15, 0.2) is 47.3 Å². The van der Waals surface area contributed by atoms with Crippen molar-refractivity contribution in [3.63, 3.8) is 0 Å². The summed E-state index contributed by atoms with van der Waals surface area (Å²) in [6.07, 6.45) is 0. The van der Waals surface area contributed by atoms with Gasteiger partial charge in [-0.1, -0.05) is 58.3 Å². The number of carbonyl (C=O) groups excluding carboxylic acids is 1. The van der Waals surface area contributed by atoms with E-state index in [0.717, 1.165) is 10.2 Å². The number of ether oxygens (including phenoxy) is 2. The molecule has 0 fully saturated rings. The standard InChI is InChI=1S/C19H11Cl3N2O4S/c20-11-6-13(22)15(7-12(11)21)27-9-18(26)28-8-10-5-17(25)24-14-3-1-2-4-16(14)29-19(24)23-10/h1-7H,8-9H2. The molecule has 2 aromatic carbocycles. The molecular weight excluding hydrogens is 459 g/mol. The van der Waals surface area contributed by atoms with Crippen molar-refractivity contribution in [3.05, 3.63) is 73.6 Å². The average molecular weight is 470 g/mol. The molecule has 2 aromatic heterocycles. The summed E-state index contributed by atoms with van der Waals surface area (Å²) in [7, 11) is 0. The molecule has 6 nitrogen and oxygen atoms in total. The predicted molar refractivity (Wildman–Crippen MR) is 114 cm³/mol. The van der Waals surface area contributed by atoms with Gasteiger partial charge >= 0.3 is 5.97 Å². The maximum atomic E-state index is 12.5. The first kappa shape index (κ1) is 20.0. The van der Waals surface area contributed by atoms with Gasteiger partial charge in [0.05, 0.1) is 31.0 Å². The van der Waals surface area contributed by atoms with Crippen LogP contribution in [0, 0.1) is 0 Å². The molecule has 10 heteroatoms. The van der Waals surface area contributed by atoms with E-state index in [1.54, 1.807) is 0 Å². The maximum Gasteiger partial charge on any atom is 0.344 e. The molecule has 0 aliphatic heterocycles. The molecule has 0 spiro atoms. The Balaban J connectivity index is 1.44. The Labute approximate surface area is 183 Å². The SMILES string of the molecule is O=C(COc1cc(Cl)c(Cl)cc1Cl)OCc1cc(=O)n2c(n1)sc1ccccc12. The topological polar surface area (TPSA) is 69.9 Å². The summed E-state index contributed by atoms with van der Waals surface area (Å²) in [5, 5.41) is 0.749. The number of hydrogen-bond donors (Lipinski definition) is 0. The molecule has 0 aliphatic rings. The van der Waals surface area contributed by atoms with Crippen LogP contribution in [0.5, 0.6) is 5.75 Å². The maximum absolute atomic E-state index is 12.5. The summed E-state index contributed by atoms with van der Waals surface area (Å²) in [6, 6.07) is 11.7. The zero-order valence-corrected chi connectivity index (χ0v) is 17.6. The summed E-state index contributed by atoms with van der Waals surface area (Å²) >= 11 is 19.1. The average Bonchev–Trinajstić information content (AvgIpc) is 3.07. The van der Waals surface area contributed by atoms with Crippen LogP contribution in [0.25, 0.3) is 15.2 Å². The zero-order chi connectivity index (χ0) is 20.5. The van der Waals surface area contributed by atoms with Crippen molar-refractivity contribution in [2.45, 2.75) is 6.61 Å². The van der Waals surface area contributed by atoms with E-state index in [1.807, 2.05) is 24.3 Å². The van der Waals surface area contributed by atoms with Crippen molar-refractivity contribution in [3.8, 4) is 5.75 Å². The number of carbonyl (C=O) groups is 1. The van der Waals surface area contributed by atoms with Crippen molar-refractivity contribution in [1.29, 1.82) is 0 Å². The third kappa shape index (κ3) is 4.18. The van der Waals surface area contributed by atoms with E-state index in [-0.39, 0.29) is 39.6 Å². The number of para-hydroxylation sites is 1. The van der Waals surface area contributed by atoms with Crippen molar-refractivity contribution in [1.82, 2.24) is 9.38 Å². The second-order valence-corrected chi connectivity index (χ2v) is 8.15. The Morgan fingerprint density at radius 3 is 2.66 bits per heavy atom. The minimum atomic E-state index is -0.648. The summed E-state index contributed by atoms with van der Waals surface area (Å²) in [5.74, 6) is -0.438. The van der Waals surface area contributed by atoms with Gasteiger partial charge in [0.15, 0.2) is 11.6 Å². The lowest BCUT2D eigenvalue weighted by Crippen LogP contribution is -2.18. The molecule has 0 radical (unpaired) electrons. The summed E-state index contributed by atoms with van der Waals surface area (Å²) in [4.78, 5) is 29.4. The number of halogens is 3. The van der Waals surface area contributed by atoms with Gasteiger partial charge in [-0.05, 0) is 18.2 Å². The Morgan fingerprint density at radius 2 is 1.83 bits per heavy atom. The van der Waals surface area contributed by atoms with Gasteiger partial charge in [-0.25, -0.2) is 9.78 Å². The van der Waals surface area contributed by atoms with Crippen molar-refractivity contribution < 1.29 is 14.3 Å². The number of fused-ring (bicyclic) bond motifs is 3. The van der Waals surface area contributed by atoms with E-state index in [2.05, 4.69) is 4.98 Å². The molecule has 0 aliphatic carbocycles. The van der Waals surface area contributed by atoms with Gasteiger partial charge in [0, 0.05) is 12.1 Å². The third-order valence-electron chi connectivity index (χ3n) is 3.95. The molecule has 4 aromatic rings. The molecular formula is C19H11Cl3N2O4S. The lowest BCUT2D eigenvalue weighted by atomic mass is 10.3. The van der Waals surface area contributed by atoms with Crippen LogP contribution in [0.2, 0.25) is 15.1 Å². The van der Waals surface area contributed by atoms with Gasteiger partial charge in [-0.15, -0.1) is 0 Å². The van der Waals surface area contributed by atoms with Crippen molar-refractivity contribution in [2.24, 2.45) is 0 Å². The number of aromatic nitrogens is 2. The summed E-state index contributed by atoms with van der Waals surface area (Å²) < 4.78 is 12.9. The van der Waals surface area contributed by atoms with E-state index in [1.165, 1.54) is 33.9 Å². The number of rotatable bonds is 5. The minimum Gasteiger partial charge on any atom is -0.480 e. The molecule has 0 amide bonds. The number of thiazole rings is 1. The first-order chi connectivity index (χ1) is 13.9. The summed E-state index contributed by atoms with van der Waals surface area (Å²) in [5.41, 5.74) is 0.903. The van der Waals surface area contributed by atoms with E-state index in [0.29, 0.717) is 10.7 Å². The second-order valence-electron chi connectivity index (χ2n) is 5.92. The van der Waals surface area contributed by atoms with Crippen LogP contribution in [0.1, 0.15) is 5.69 Å². The van der Waals surface area contributed by atoms with Gasteiger partial charge in [-0.3, -0.25) is 9.20 Å². The molecule has 0 bridgehead atoms. The molecule has 2 heterocycles. The Kier molecular flexibility index (Phi) is 5.65. The van der Waals surface area contributed by atoms with Gasteiger partial charge in [0.25, 0.3) is 5.56 Å². The van der Waals surface area contributed by atoms with E-state index < -0.39 is 5.97 Å². The van der Waals surface area contributed by atoms with Gasteiger partial charge in [0.1, 0.15) is 12.4 Å². The third-order valence-corrected chi connectivity index (χ3v) is 5.99. The van der Waals surface area contributed by atoms with Gasteiger partial charge in [-0.2, -0.15) is 0 Å². The molecule has 29 heavy (non-hydrogen) atoms. The number of esters is 1. The summed E-state index contributed by atoms with van der Waals surface area (Å²) in [6.45, 7) is -0.543. The van der Waals surface area contributed by atoms with Crippen LogP contribution in [0.3, 0.4) is 0 Å². The van der Waals surface area contributed by atoms with Crippen molar-refractivity contribution >= 4 is 67.3 Å². The number of hydrogen-bond acceptors (Lipinski definition) is 6. The normalized spacial score (nSPS) is 11.1. The van der Waals surface area contributed by atoms with Crippen LogP contribution in [0.4, 0.5) is 0 Å². The van der Waals surface area contributed by atoms with Crippen molar-refractivity contribution in [2.75, 3.05) is 6.61 Å². The van der Waals surface area contributed by atoms with Crippen LogP contribution in [-0.2, 0) is 16.1 Å². The zero-order valence-electron chi connectivity index (χ0n) is 14.5. The van der Waals surface area contributed by atoms with E-state index >= 15 is 0 Å². The fourth-order valence-electron chi connectivity index (χ4n) is 2.64. The van der Waals surface area contributed by atoms with Crippen LogP contribution >= 0.6 is 46.1 Å². The molecule has 0 N–H and O–H groups in total. The largest absolute Gasteiger partial charge is 0.480 e. The molecule has 0 saturated carbocycles.